The van der Waals surface area contributed by atoms with Gasteiger partial charge in [-0.1, -0.05) is 13.0 Å². The van der Waals surface area contributed by atoms with E-state index in [1.807, 2.05) is 30.1 Å². The molecule has 0 radical (unpaired) electrons. The second-order valence-corrected chi connectivity index (χ2v) is 6.71. The van der Waals surface area contributed by atoms with Crippen LogP contribution in [0.25, 0.3) is 0 Å². The molecule has 0 saturated carbocycles. The maximum atomic E-state index is 12.5. The van der Waals surface area contributed by atoms with Gasteiger partial charge in [-0.05, 0) is 55.5 Å². The molecule has 1 amide bonds. The van der Waals surface area contributed by atoms with E-state index in [-0.39, 0.29) is 12.7 Å². The molecule has 0 bridgehead atoms. The zero-order valence-electron chi connectivity index (χ0n) is 14.0. The molecule has 1 saturated heterocycles. The molecule has 2 aliphatic heterocycles. The van der Waals surface area contributed by atoms with Crippen LogP contribution in [0.4, 0.5) is 0 Å². The molecule has 5 heteroatoms. The Kier molecular flexibility index (Phi) is 5.06. The second kappa shape index (κ2) is 7.21. The number of ether oxygens (including phenoxy) is 2. The lowest BCUT2D eigenvalue weighted by Crippen LogP contribution is -2.34. The van der Waals surface area contributed by atoms with Crippen LogP contribution in [0.3, 0.4) is 0 Å². The van der Waals surface area contributed by atoms with Crippen LogP contribution in [-0.4, -0.2) is 37.7 Å². The van der Waals surface area contributed by atoms with Gasteiger partial charge >= 0.3 is 0 Å². The summed E-state index contributed by atoms with van der Waals surface area (Å²) in [6.07, 6.45) is 2.99. The van der Waals surface area contributed by atoms with Gasteiger partial charge in [-0.25, -0.2) is 0 Å². The zero-order valence-corrected chi connectivity index (χ0v) is 14.0. The van der Waals surface area contributed by atoms with Crippen molar-refractivity contribution in [3.05, 3.63) is 23.8 Å². The van der Waals surface area contributed by atoms with Crippen molar-refractivity contribution in [3.63, 3.8) is 0 Å². The van der Waals surface area contributed by atoms with Crippen LogP contribution >= 0.6 is 0 Å². The third kappa shape index (κ3) is 3.96. The number of carbonyl (C=O) groups is 1. The Labute approximate surface area is 137 Å². The molecule has 0 spiro atoms. The third-order valence-electron chi connectivity index (χ3n) is 4.97. The van der Waals surface area contributed by atoms with E-state index in [4.69, 9.17) is 9.47 Å². The molecule has 23 heavy (non-hydrogen) atoms. The highest BCUT2D eigenvalue weighted by Gasteiger charge is 2.23. The maximum absolute atomic E-state index is 12.5. The Morgan fingerprint density at radius 1 is 1.30 bits per heavy atom. The van der Waals surface area contributed by atoms with E-state index in [2.05, 4.69) is 12.2 Å². The van der Waals surface area contributed by atoms with Crippen molar-refractivity contribution in [2.24, 2.45) is 11.8 Å². The summed E-state index contributed by atoms with van der Waals surface area (Å²) in [7, 11) is 1.88. The van der Waals surface area contributed by atoms with Crippen molar-refractivity contribution >= 4 is 5.91 Å². The summed E-state index contributed by atoms with van der Waals surface area (Å²) in [5.41, 5.74) is 1.07. The van der Waals surface area contributed by atoms with Gasteiger partial charge in [-0.15, -0.1) is 0 Å². The SMILES string of the molecule is CC(CC(=O)N(C)Cc1ccc2c(c1)OCO2)C1CCNCC1. The van der Waals surface area contributed by atoms with Crippen LogP contribution in [0.5, 0.6) is 11.5 Å². The van der Waals surface area contributed by atoms with Crippen LogP contribution in [0, 0.1) is 11.8 Å². The summed E-state index contributed by atoms with van der Waals surface area (Å²) in [4.78, 5) is 14.3. The number of hydrogen-bond donors (Lipinski definition) is 1. The molecule has 2 aliphatic rings. The number of rotatable bonds is 5. The van der Waals surface area contributed by atoms with E-state index < -0.39 is 0 Å². The van der Waals surface area contributed by atoms with E-state index in [0.29, 0.717) is 24.8 Å². The molecule has 0 aromatic heterocycles. The van der Waals surface area contributed by atoms with Crippen molar-refractivity contribution < 1.29 is 14.3 Å². The monoisotopic (exact) mass is 318 g/mol. The smallest absolute Gasteiger partial charge is 0.231 e. The van der Waals surface area contributed by atoms with Crippen molar-refractivity contribution in [1.29, 1.82) is 0 Å². The predicted octanol–water partition coefficient (Wildman–Crippen LogP) is 2.40. The van der Waals surface area contributed by atoms with Crippen LogP contribution in [0.1, 0.15) is 31.7 Å². The summed E-state index contributed by atoms with van der Waals surface area (Å²) < 4.78 is 10.7. The normalized spacial score (nSPS) is 18.7. The Morgan fingerprint density at radius 3 is 2.83 bits per heavy atom. The number of hydrogen-bond acceptors (Lipinski definition) is 4. The van der Waals surface area contributed by atoms with Gasteiger partial charge in [0.25, 0.3) is 0 Å². The van der Waals surface area contributed by atoms with Crippen LogP contribution in [0.15, 0.2) is 18.2 Å². The zero-order chi connectivity index (χ0) is 16.2. The van der Waals surface area contributed by atoms with Gasteiger partial charge in [-0.2, -0.15) is 0 Å². The largest absolute Gasteiger partial charge is 0.454 e. The highest BCUT2D eigenvalue weighted by atomic mass is 16.7. The van der Waals surface area contributed by atoms with Crippen LogP contribution < -0.4 is 14.8 Å². The van der Waals surface area contributed by atoms with E-state index in [9.17, 15) is 4.79 Å². The Balaban J connectivity index is 1.52. The van der Waals surface area contributed by atoms with Gasteiger partial charge in [0.2, 0.25) is 12.7 Å². The lowest BCUT2D eigenvalue weighted by molar-refractivity contribution is -0.131. The fourth-order valence-electron chi connectivity index (χ4n) is 3.41. The number of fused-ring (bicyclic) bond motifs is 1. The minimum absolute atomic E-state index is 0.216. The number of benzene rings is 1. The minimum Gasteiger partial charge on any atom is -0.454 e. The highest BCUT2D eigenvalue weighted by molar-refractivity contribution is 5.76. The predicted molar refractivity (Wildman–Crippen MR) is 88.4 cm³/mol. The molecule has 1 N–H and O–H groups in total. The lowest BCUT2D eigenvalue weighted by atomic mass is 9.84. The number of carbonyl (C=O) groups excluding carboxylic acids is 1. The average Bonchev–Trinajstić information content (AvgIpc) is 3.03. The molecule has 126 valence electrons. The van der Waals surface area contributed by atoms with Crippen LogP contribution in [0.2, 0.25) is 0 Å². The number of amides is 1. The molecule has 1 aromatic carbocycles. The Bertz CT molecular complexity index is 555. The maximum Gasteiger partial charge on any atom is 0.231 e. The first-order chi connectivity index (χ1) is 11.1. The summed E-state index contributed by atoms with van der Waals surface area (Å²) in [5.74, 6) is 2.88. The first kappa shape index (κ1) is 16.1. The Hall–Kier alpha value is -1.75. The van der Waals surface area contributed by atoms with Gasteiger partial charge < -0.3 is 19.7 Å². The van der Waals surface area contributed by atoms with E-state index >= 15 is 0 Å². The molecule has 3 rings (SSSR count). The first-order valence-electron chi connectivity index (χ1n) is 8.46. The van der Waals surface area contributed by atoms with Gasteiger partial charge in [-0.3, -0.25) is 4.79 Å². The third-order valence-corrected chi connectivity index (χ3v) is 4.97. The van der Waals surface area contributed by atoms with Gasteiger partial charge in [0.15, 0.2) is 11.5 Å². The molecular formula is C18H26N2O3. The number of piperidine rings is 1. The average molecular weight is 318 g/mol. The number of nitrogens with zero attached hydrogens (tertiary/aromatic N) is 1. The standard InChI is InChI=1S/C18H26N2O3/c1-13(15-5-7-19-8-6-15)9-18(21)20(2)11-14-3-4-16-17(10-14)23-12-22-16/h3-4,10,13,15,19H,5-9,11-12H2,1-2H3. The molecule has 1 fully saturated rings. The highest BCUT2D eigenvalue weighted by Crippen LogP contribution is 2.33. The van der Waals surface area contributed by atoms with Crippen molar-refractivity contribution in [3.8, 4) is 11.5 Å². The fourth-order valence-corrected chi connectivity index (χ4v) is 3.41. The molecule has 1 aromatic rings. The van der Waals surface area contributed by atoms with Gasteiger partial charge in [0, 0.05) is 20.0 Å². The Morgan fingerprint density at radius 2 is 2.04 bits per heavy atom. The summed E-state index contributed by atoms with van der Waals surface area (Å²) >= 11 is 0. The quantitative estimate of drug-likeness (QED) is 0.906. The topological polar surface area (TPSA) is 50.8 Å². The van der Waals surface area contributed by atoms with E-state index in [1.165, 1.54) is 12.8 Å². The molecule has 5 nitrogen and oxygen atoms in total. The van der Waals surface area contributed by atoms with E-state index in [0.717, 1.165) is 30.2 Å². The molecule has 0 aliphatic carbocycles. The minimum atomic E-state index is 0.216. The van der Waals surface area contributed by atoms with Crippen LogP contribution in [-0.2, 0) is 11.3 Å². The van der Waals surface area contributed by atoms with Crippen molar-refractivity contribution in [1.82, 2.24) is 10.2 Å². The van der Waals surface area contributed by atoms with E-state index in [1.54, 1.807) is 0 Å². The molecule has 1 unspecified atom stereocenters. The van der Waals surface area contributed by atoms with Crippen molar-refractivity contribution in [2.45, 2.75) is 32.7 Å². The summed E-state index contributed by atoms with van der Waals surface area (Å²) in [6, 6.07) is 5.86. The molecule has 2 heterocycles. The first-order valence-corrected chi connectivity index (χ1v) is 8.46. The number of nitrogens with one attached hydrogen (secondary N) is 1. The van der Waals surface area contributed by atoms with Crippen molar-refractivity contribution in [2.75, 3.05) is 26.9 Å². The summed E-state index contributed by atoms with van der Waals surface area (Å²) in [5, 5.41) is 3.38. The molecule has 1 atom stereocenters. The second-order valence-electron chi connectivity index (χ2n) is 6.71. The fraction of sp³-hybridized carbons (Fsp3) is 0.611. The van der Waals surface area contributed by atoms with Gasteiger partial charge in [0.1, 0.15) is 0 Å². The molecular weight excluding hydrogens is 292 g/mol. The lowest BCUT2D eigenvalue weighted by Gasteiger charge is -2.29. The van der Waals surface area contributed by atoms with Gasteiger partial charge in [0.05, 0.1) is 0 Å². The summed E-state index contributed by atoms with van der Waals surface area (Å²) in [6.45, 7) is 5.25.